The Kier molecular flexibility index (Phi) is 4.42. The van der Waals surface area contributed by atoms with Crippen LogP contribution < -0.4 is 16.0 Å². The Labute approximate surface area is 188 Å². The number of aryl methyl sites for hydroxylation is 2. The van der Waals surface area contributed by atoms with E-state index in [0.717, 1.165) is 29.7 Å². The Hall–Kier alpha value is -3.82. The lowest BCUT2D eigenvalue weighted by molar-refractivity contribution is 0.0937. The number of rotatable bonds is 4. The summed E-state index contributed by atoms with van der Waals surface area (Å²) < 4.78 is 15.9. The molecule has 0 saturated heterocycles. The van der Waals surface area contributed by atoms with Crippen LogP contribution in [0.25, 0.3) is 11.3 Å². The minimum Gasteiger partial charge on any atom is -0.357 e. The molecule has 1 aliphatic heterocycles. The highest BCUT2D eigenvalue weighted by Crippen LogP contribution is 2.40. The van der Waals surface area contributed by atoms with Crippen LogP contribution >= 0.6 is 0 Å². The number of pyridine rings is 1. The van der Waals surface area contributed by atoms with Crippen LogP contribution in [0.3, 0.4) is 0 Å². The Morgan fingerprint density at radius 1 is 1.18 bits per heavy atom. The lowest BCUT2D eigenvalue weighted by Crippen LogP contribution is -2.32. The van der Waals surface area contributed by atoms with Gasteiger partial charge < -0.3 is 20.9 Å². The van der Waals surface area contributed by atoms with E-state index in [-0.39, 0.29) is 29.4 Å². The Morgan fingerprint density at radius 3 is 2.85 bits per heavy atom. The Morgan fingerprint density at radius 2 is 2.03 bits per heavy atom. The van der Waals surface area contributed by atoms with E-state index >= 15 is 4.39 Å². The second-order valence-electron chi connectivity index (χ2n) is 8.78. The summed E-state index contributed by atoms with van der Waals surface area (Å²) in [6.45, 7) is 2.31. The van der Waals surface area contributed by atoms with Gasteiger partial charge in [-0.05, 0) is 49.8 Å². The van der Waals surface area contributed by atoms with Gasteiger partial charge in [-0.3, -0.25) is 9.59 Å². The molecule has 3 aliphatic rings. The van der Waals surface area contributed by atoms with Gasteiger partial charge in [0.25, 0.3) is 11.8 Å². The van der Waals surface area contributed by atoms with Gasteiger partial charge in [-0.15, -0.1) is 5.10 Å². The molecule has 4 N–H and O–H groups in total. The van der Waals surface area contributed by atoms with Crippen molar-refractivity contribution >= 4 is 23.3 Å². The number of aromatic amines is 1. The van der Waals surface area contributed by atoms with Gasteiger partial charge in [0.15, 0.2) is 17.3 Å². The molecule has 2 aliphatic carbocycles. The molecule has 2 amide bonds. The third kappa shape index (κ3) is 3.33. The number of hydrogen-bond acceptors (Lipinski definition) is 6. The molecule has 6 rings (SSSR count). The maximum absolute atomic E-state index is 15.9. The summed E-state index contributed by atoms with van der Waals surface area (Å²) in [6, 6.07) is 1.81. The number of carbonyl (C=O) groups excluding carboxylic acids is 2. The summed E-state index contributed by atoms with van der Waals surface area (Å²) in [7, 11) is 0. The molecule has 168 valence electrons. The Balaban J connectivity index is 1.41. The third-order valence-corrected chi connectivity index (χ3v) is 6.36. The number of amides is 2. The monoisotopic (exact) mass is 447 g/mol. The molecule has 0 spiro atoms. The average Bonchev–Trinajstić information content (AvgIpc) is 3.52. The number of halogens is 1. The fourth-order valence-corrected chi connectivity index (χ4v) is 4.60. The molecule has 0 bridgehead atoms. The first-order chi connectivity index (χ1) is 16.0. The highest BCUT2D eigenvalue weighted by Gasteiger charge is 2.32. The predicted molar refractivity (Wildman–Crippen MR) is 118 cm³/mol. The minimum absolute atomic E-state index is 0.00787. The highest BCUT2D eigenvalue weighted by atomic mass is 19.1. The quantitative estimate of drug-likeness (QED) is 0.487. The second kappa shape index (κ2) is 7.36. The third-order valence-electron chi connectivity index (χ3n) is 6.36. The summed E-state index contributed by atoms with van der Waals surface area (Å²) in [5, 5.41) is 16.7. The van der Waals surface area contributed by atoms with Crippen LogP contribution in [0.1, 0.15) is 56.2 Å². The first kappa shape index (κ1) is 19.8. The molecule has 0 aromatic carbocycles. The number of nitrogens with one attached hydrogen (secondary N) is 4. The minimum atomic E-state index is -0.532. The van der Waals surface area contributed by atoms with Gasteiger partial charge in [0.2, 0.25) is 0 Å². The van der Waals surface area contributed by atoms with E-state index in [1.807, 2.05) is 0 Å². The van der Waals surface area contributed by atoms with Crippen molar-refractivity contribution in [2.24, 2.45) is 0 Å². The lowest BCUT2D eigenvalue weighted by Gasteiger charge is -2.20. The van der Waals surface area contributed by atoms with Crippen molar-refractivity contribution in [2.75, 3.05) is 11.9 Å². The molecule has 10 heteroatoms. The van der Waals surface area contributed by atoms with Crippen molar-refractivity contribution < 1.29 is 14.0 Å². The summed E-state index contributed by atoms with van der Waals surface area (Å²) in [4.78, 5) is 32.7. The highest BCUT2D eigenvalue weighted by molar-refractivity contribution is 6.01. The van der Waals surface area contributed by atoms with Crippen LogP contribution in [-0.4, -0.2) is 44.6 Å². The van der Waals surface area contributed by atoms with Crippen molar-refractivity contribution in [3.8, 4) is 11.3 Å². The second-order valence-corrected chi connectivity index (χ2v) is 8.78. The van der Waals surface area contributed by atoms with E-state index in [9.17, 15) is 9.59 Å². The molecule has 0 radical (unpaired) electrons. The molecule has 3 aromatic rings. The molecule has 0 unspecified atom stereocenters. The van der Waals surface area contributed by atoms with E-state index in [4.69, 9.17) is 0 Å². The number of H-pyrrole nitrogens is 1. The SMILES string of the molecule is Cc1cc(Nc2ncc3c(c2F)-c2[nH]c4c(c2CC3)C(=O)NCC4)c(C(=O)NC2CC2)nn1. The van der Waals surface area contributed by atoms with Crippen LogP contribution in [0.5, 0.6) is 0 Å². The number of nitrogens with zero attached hydrogens (tertiary/aromatic N) is 3. The van der Waals surface area contributed by atoms with E-state index in [2.05, 4.69) is 36.1 Å². The number of aromatic nitrogens is 4. The molecule has 4 heterocycles. The summed E-state index contributed by atoms with van der Waals surface area (Å²) >= 11 is 0. The molecule has 1 fully saturated rings. The zero-order valence-electron chi connectivity index (χ0n) is 18.0. The molecule has 3 aromatic heterocycles. The number of hydrogen-bond donors (Lipinski definition) is 4. The summed E-state index contributed by atoms with van der Waals surface area (Å²) in [5.74, 6) is -1.01. The first-order valence-corrected chi connectivity index (χ1v) is 11.1. The average molecular weight is 447 g/mol. The lowest BCUT2D eigenvalue weighted by atomic mass is 9.88. The molecular weight excluding hydrogens is 425 g/mol. The maximum Gasteiger partial charge on any atom is 0.274 e. The van der Waals surface area contributed by atoms with Crippen molar-refractivity contribution in [2.45, 2.75) is 45.1 Å². The molecule has 1 saturated carbocycles. The zero-order valence-corrected chi connectivity index (χ0v) is 18.0. The fraction of sp³-hybridized carbons (Fsp3) is 0.348. The van der Waals surface area contributed by atoms with Crippen LogP contribution in [0, 0.1) is 12.7 Å². The van der Waals surface area contributed by atoms with Crippen molar-refractivity contribution in [1.29, 1.82) is 0 Å². The zero-order chi connectivity index (χ0) is 22.7. The smallest absolute Gasteiger partial charge is 0.274 e. The predicted octanol–water partition coefficient (Wildman–Crippen LogP) is 2.33. The molecular formula is C23H22FN7O2. The van der Waals surface area contributed by atoms with Gasteiger partial charge in [-0.2, -0.15) is 5.10 Å². The topological polar surface area (TPSA) is 125 Å². The van der Waals surface area contributed by atoms with Crippen molar-refractivity contribution in [3.05, 3.63) is 51.9 Å². The maximum atomic E-state index is 15.9. The van der Waals surface area contributed by atoms with Crippen molar-refractivity contribution in [3.63, 3.8) is 0 Å². The Bertz CT molecular complexity index is 1330. The van der Waals surface area contributed by atoms with Gasteiger partial charge in [0.1, 0.15) is 0 Å². The van der Waals surface area contributed by atoms with Crippen LogP contribution in [0.2, 0.25) is 0 Å². The van der Waals surface area contributed by atoms with Crippen molar-refractivity contribution in [1.82, 2.24) is 30.8 Å². The van der Waals surface area contributed by atoms with Crippen LogP contribution in [0.15, 0.2) is 12.3 Å². The summed E-state index contributed by atoms with van der Waals surface area (Å²) in [6.07, 6.45) is 5.45. The fourth-order valence-electron chi connectivity index (χ4n) is 4.60. The van der Waals surface area contributed by atoms with E-state index in [1.54, 1.807) is 19.2 Å². The molecule has 0 atom stereocenters. The van der Waals surface area contributed by atoms with Gasteiger partial charge in [-0.25, -0.2) is 9.37 Å². The normalized spacial score (nSPS) is 16.4. The number of carbonyl (C=O) groups is 2. The van der Waals surface area contributed by atoms with E-state index in [1.165, 1.54) is 0 Å². The number of anilines is 2. The standard InChI is InChI=1S/C23H22FN7O2/c1-10-8-15(20(31-30-10)23(33)27-12-3-4-12)29-21-18(24)16-11(9-26-21)2-5-13-17-14(28-19(13)16)6-7-25-22(17)32/h8-9,12,28H,2-7H2,1H3,(H,25,32)(H,27,33)(H,26,29,30). The van der Waals surface area contributed by atoms with Gasteiger partial charge >= 0.3 is 0 Å². The van der Waals surface area contributed by atoms with Crippen LogP contribution in [-0.2, 0) is 19.3 Å². The first-order valence-electron chi connectivity index (χ1n) is 11.1. The largest absolute Gasteiger partial charge is 0.357 e. The van der Waals surface area contributed by atoms with Crippen LogP contribution in [0.4, 0.5) is 15.9 Å². The summed E-state index contributed by atoms with van der Waals surface area (Å²) in [5.41, 5.74) is 5.18. The van der Waals surface area contributed by atoms with E-state index in [0.29, 0.717) is 54.0 Å². The molecule has 33 heavy (non-hydrogen) atoms. The molecule has 9 nitrogen and oxygen atoms in total. The van der Waals surface area contributed by atoms with E-state index < -0.39 is 5.82 Å². The number of fused-ring (bicyclic) bond motifs is 5. The van der Waals surface area contributed by atoms with Gasteiger partial charge in [0.05, 0.1) is 22.6 Å². The van der Waals surface area contributed by atoms with Gasteiger partial charge in [-0.1, -0.05) is 0 Å². The van der Waals surface area contributed by atoms with Gasteiger partial charge in [0, 0.05) is 36.5 Å².